The molecule has 1 aromatic rings. The van der Waals surface area contributed by atoms with Crippen molar-refractivity contribution in [1.82, 2.24) is 5.32 Å². The monoisotopic (exact) mass is 241 g/mol. The van der Waals surface area contributed by atoms with Crippen LogP contribution in [0, 0.1) is 0 Å². The Bertz CT molecular complexity index is 338. The maximum Gasteiger partial charge on any atom is 0.0741 e. The number of benzene rings is 1. The fraction of sp³-hybridized carbons (Fsp3) is 0.538. The fourth-order valence-corrected chi connectivity index (χ4v) is 1.73. The van der Waals surface area contributed by atoms with Gasteiger partial charge in [0, 0.05) is 17.6 Å². The molecule has 0 saturated carbocycles. The molecule has 0 aliphatic rings. The zero-order valence-corrected chi connectivity index (χ0v) is 10.9. The molecule has 0 bridgehead atoms. The van der Waals surface area contributed by atoms with Crippen LogP contribution in [-0.4, -0.2) is 17.3 Å². The van der Waals surface area contributed by atoms with Gasteiger partial charge in [0.05, 0.1) is 5.60 Å². The van der Waals surface area contributed by atoms with Crippen LogP contribution in [0.15, 0.2) is 24.3 Å². The zero-order chi connectivity index (χ0) is 12.2. The van der Waals surface area contributed by atoms with E-state index in [0.29, 0.717) is 6.54 Å². The second kappa shape index (κ2) is 5.67. The highest BCUT2D eigenvalue weighted by Crippen LogP contribution is 2.22. The van der Waals surface area contributed by atoms with Gasteiger partial charge in [-0.2, -0.15) is 0 Å². The van der Waals surface area contributed by atoms with Crippen LogP contribution in [0.4, 0.5) is 0 Å². The van der Waals surface area contributed by atoms with Gasteiger partial charge in [0.1, 0.15) is 0 Å². The lowest BCUT2D eigenvalue weighted by Crippen LogP contribution is -2.38. The van der Waals surface area contributed by atoms with Gasteiger partial charge in [-0.3, -0.25) is 0 Å². The van der Waals surface area contributed by atoms with Crippen molar-refractivity contribution in [1.29, 1.82) is 0 Å². The van der Waals surface area contributed by atoms with E-state index in [-0.39, 0.29) is 6.04 Å². The van der Waals surface area contributed by atoms with Gasteiger partial charge in [-0.25, -0.2) is 0 Å². The molecule has 0 aliphatic carbocycles. The van der Waals surface area contributed by atoms with Crippen molar-refractivity contribution >= 4 is 11.6 Å². The SMILES string of the molecule is CCC(C)(O)CN[C@H](C)c1ccccc1Cl. The smallest absolute Gasteiger partial charge is 0.0741 e. The Labute approximate surface area is 103 Å². The summed E-state index contributed by atoms with van der Waals surface area (Å²) < 4.78 is 0. The van der Waals surface area contributed by atoms with E-state index >= 15 is 0 Å². The summed E-state index contributed by atoms with van der Waals surface area (Å²) in [5.74, 6) is 0. The summed E-state index contributed by atoms with van der Waals surface area (Å²) in [5, 5.41) is 14.0. The van der Waals surface area contributed by atoms with E-state index < -0.39 is 5.60 Å². The minimum absolute atomic E-state index is 0.145. The maximum atomic E-state index is 9.89. The molecule has 16 heavy (non-hydrogen) atoms. The Balaban J connectivity index is 2.60. The molecule has 0 aromatic heterocycles. The van der Waals surface area contributed by atoms with E-state index in [1.54, 1.807) is 0 Å². The molecule has 2 nitrogen and oxygen atoms in total. The summed E-state index contributed by atoms with van der Waals surface area (Å²) in [6.45, 7) is 6.42. The predicted octanol–water partition coefficient (Wildman–Crippen LogP) is 3.15. The molecule has 0 heterocycles. The highest BCUT2D eigenvalue weighted by molar-refractivity contribution is 6.31. The minimum atomic E-state index is -0.657. The average Bonchev–Trinajstić information content (AvgIpc) is 2.27. The first-order chi connectivity index (χ1) is 7.46. The molecule has 0 amide bonds. The van der Waals surface area contributed by atoms with Crippen molar-refractivity contribution in [2.24, 2.45) is 0 Å². The molecule has 1 unspecified atom stereocenters. The standard InChI is InChI=1S/C13H20ClNO/c1-4-13(3,16)9-15-10(2)11-7-5-6-8-12(11)14/h5-8,10,15-16H,4,9H2,1-3H3/t10-,13?/m1/s1. The van der Waals surface area contributed by atoms with Gasteiger partial charge < -0.3 is 10.4 Å². The molecule has 2 N–H and O–H groups in total. The second-order valence-corrected chi connectivity index (χ2v) is 4.88. The van der Waals surface area contributed by atoms with Crippen LogP contribution in [0.3, 0.4) is 0 Å². The molecular weight excluding hydrogens is 222 g/mol. The number of aliphatic hydroxyl groups is 1. The Kier molecular flexibility index (Phi) is 4.78. The van der Waals surface area contributed by atoms with E-state index in [4.69, 9.17) is 11.6 Å². The highest BCUT2D eigenvalue weighted by Gasteiger charge is 2.19. The van der Waals surface area contributed by atoms with Crippen molar-refractivity contribution < 1.29 is 5.11 Å². The van der Waals surface area contributed by atoms with E-state index in [1.807, 2.05) is 45.0 Å². The average molecular weight is 242 g/mol. The minimum Gasteiger partial charge on any atom is -0.389 e. The first kappa shape index (κ1) is 13.5. The topological polar surface area (TPSA) is 32.3 Å². The van der Waals surface area contributed by atoms with Crippen LogP contribution in [0.1, 0.15) is 38.8 Å². The van der Waals surface area contributed by atoms with Gasteiger partial charge in [-0.05, 0) is 31.9 Å². The largest absolute Gasteiger partial charge is 0.389 e. The molecule has 0 saturated heterocycles. The Hall–Kier alpha value is -0.570. The normalized spacial score (nSPS) is 16.8. The summed E-state index contributed by atoms with van der Waals surface area (Å²) in [7, 11) is 0. The number of hydrogen-bond donors (Lipinski definition) is 2. The van der Waals surface area contributed by atoms with Gasteiger partial charge in [0.2, 0.25) is 0 Å². The highest BCUT2D eigenvalue weighted by atomic mass is 35.5. The number of rotatable bonds is 5. The molecule has 90 valence electrons. The molecule has 3 heteroatoms. The third-order valence-electron chi connectivity index (χ3n) is 2.92. The Morgan fingerprint density at radius 3 is 2.62 bits per heavy atom. The van der Waals surface area contributed by atoms with Gasteiger partial charge >= 0.3 is 0 Å². The molecule has 0 aliphatic heterocycles. The summed E-state index contributed by atoms with van der Waals surface area (Å²) in [6.07, 6.45) is 0.731. The van der Waals surface area contributed by atoms with Crippen molar-refractivity contribution in [3.63, 3.8) is 0 Å². The Morgan fingerprint density at radius 2 is 2.06 bits per heavy atom. The summed E-state index contributed by atoms with van der Waals surface area (Å²) >= 11 is 6.10. The third kappa shape index (κ3) is 3.78. The molecule has 0 radical (unpaired) electrons. The number of halogens is 1. The first-order valence-corrected chi connectivity index (χ1v) is 6.04. The van der Waals surface area contributed by atoms with Gasteiger partial charge in [-0.1, -0.05) is 36.7 Å². The Morgan fingerprint density at radius 1 is 1.44 bits per heavy atom. The first-order valence-electron chi connectivity index (χ1n) is 5.66. The molecule has 0 fully saturated rings. The molecule has 2 atom stereocenters. The van der Waals surface area contributed by atoms with Crippen LogP contribution in [-0.2, 0) is 0 Å². The zero-order valence-electron chi connectivity index (χ0n) is 10.1. The summed E-state index contributed by atoms with van der Waals surface area (Å²) in [5.41, 5.74) is 0.409. The molecule has 1 aromatic carbocycles. The van der Waals surface area contributed by atoms with E-state index in [1.165, 1.54) is 0 Å². The third-order valence-corrected chi connectivity index (χ3v) is 3.27. The lowest BCUT2D eigenvalue weighted by molar-refractivity contribution is 0.0533. The van der Waals surface area contributed by atoms with Crippen LogP contribution in [0.2, 0.25) is 5.02 Å². The van der Waals surface area contributed by atoms with E-state index in [0.717, 1.165) is 17.0 Å². The van der Waals surface area contributed by atoms with Crippen molar-refractivity contribution in [2.75, 3.05) is 6.54 Å². The maximum absolute atomic E-state index is 9.89. The summed E-state index contributed by atoms with van der Waals surface area (Å²) in [4.78, 5) is 0. The van der Waals surface area contributed by atoms with Crippen LogP contribution in [0.5, 0.6) is 0 Å². The summed E-state index contributed by atoms with van der Waals surface area (Å²) in [6, 6.07) is 7.91. The molecular formula is C13H20ClNO. The van der Waals surface area contributed by atoms with Crippen molar-refractivity contribution in [2.45, 2.75) is 38.8 Å². The van der Waals surface area contributed by atoms with E-state index in [2.05, 4.69) is 5.32 Å². The quantitative estimate of drug-likeness (QED) is 0.830. The second-order valence-electron chi connectivity index (χ2n) is 4.47. The van der Waals surface area contributed by atoms with Gasteiger partial charge in [0.15, 0.2) is 0 Å². The van der Waals surface area contributed by atoms with Gasteiger partial charge in [0.25, 0.3) is 0 Å². The van der Waals surface area contributed by atoms with Gasteiger partial charge in [-0.15, -0.1) is 0 Å². The van der Waals surface area contributed by atoms with Crippen molar-refractivity contribution in [3.05, 3.63) is 34.9 Å². The number of nitrogens with one attached hydrogen (secondary N) is 1. The predicted molar refractivity (Wildman–Crippen MR) is 68.8 cm³/mol. The van der Waals surface area contributed by atoms with Crippen LogP contribution in [0.25, 0.3) is 0 Å². The van der Waals surface area contributed by atoms with E-state index in [9.17, 15) is 5.11 Å². The lowest BCUT2D eigenvalue weighted by atomic mass is 10.0. The molecule has 1 rings (SSSR count). The molecule has 0 spiro atoms. The fourth-order valence-electron chi connectivity index (χ4n) is 1.43. The number of hydrogen-bond acceptors (Lipinski definition) is 2. The van der Waals surface area contributed by atoms with Crippen LogP contribution >= 0.6 is 11.6 Å². The lowest BCUT2D eigenvalue weighted by Gasteiger charge is -2.25. The van der Waals surface area contributed by atoms with Crippen molar-refractivity contribution in [3.8, 4) is 0 Å². The van der Waals surface area contributed by atoms with Crippen LogP contribution < -0.4 is 5.32 Å².